The molecule has 1 fully saturated rings. The SMILES string of the molecule is Fc1ccccc1CSc1nnc(CN2CCCCC2)n1-c1ccccc1. The molecule has 0 spiro atoms. The van der Waals surface area contributed by atoms with Crippen LogP contribution in [0, 0.1) is 5.82 Å². The maximum atomic E-state index is 14.0. The number of aromatic nitrogens is 3. The van der Waals surface area contributed by atoms with E-state index in [2.05, 4.69) is 31.8 Å². The lowest BCUT2D eigenvalue weighted by Gasteiger charge is -2.26. The Labute approximate surface area is 163 Å². The normalized spacial score (nSPS) is 15.1. The summed E-state index contributed by atoms with van der Waals surface area (Å²) in [5.41, 5.74) is 1.73. The number of nitrogens with zero attached hydrogens (tertiary/aromatic N) is 4. The van der Waals surface area contributed by atoms with Crippen molar-refractivity contribution >= 4 is 11.8 Å². The fourth-order valence-corrected chi connectivity index (χ4v) is 4.37. The molecule has 1 aromatic heterocycles. The Morgan fingerprint density at radius 3 is 2.41 bits per heavy atom. The summed E-state index contributed by atoms with van der Waals surface area (Å²) in [6.45, 7) is 3.01. The molecule has 0 unspecified atom stereocenters. The molecule has 0 amide bonds. The van der Waals surface area contributed by atoms with E-state index in [1.54, 1.807) is 6.07 Å². The fourth-order valence-electron chi connectivity index (χ4n) is 3.41. The monoisotopic (exact) mass is 382 g/mol. The molecule has 6 heteroatoms. The number of likely N-dealkylation sites (tertiary alicyclic amines) is 1. The Morgan fingerprint density at radius 2 is 1.63 bits per heavy atom. The van der Waals surface area contributed by atoms with Gasteiger partial charge >= 0.3 is 0 Å². The van der Waals surface area contributed by atoms with Gasteiger partial charge in [0.2, 0.25) is 0 Å². The Hall–Kier alpha value is -2.18. The molecule has 2 aromatic carbocycles. The molecule has 0 bridgehead atoms. The van der Waals surface area contributed by atoms with Crippen LogP contribution in [0.1, 0.15) is 30.7 Å². The molecule has 3 aromatic rings. The molecule has 4 rings (SSSR count). The zero-order valence-corrected chi connectivity index (χ0v) is 16.0. The molecule has 0 aliphatic carbocycles. The van der Waals surface area contributed by atoms with Gasteiger partial charge in [-0.15, -0.1) is 10.2 Å². The van der Waals surface area contributed by atoms with Crippen LogP contribution in [0.2, 0.25) is 0 Å². The Balaban J connectivity index is 1.59. The van der Waals surface area contributed by atoms with Crippen molar-refractivity contribution in [3.8, 4) is 5.69 Å². The first-order chi connectivity index (χ1) is 13.3. The number of thioether (sulfide) groups is 1. The van der Waals surface area contributed by atoms with E-state index in [1.807, 2.05) is 30.3 Å². The summed E-state index contributed by atoms with van der Waals surface area (Å²) in [7, 11) is 0. The van der Waals surface area contributed by atoms with Gasteiger partial charge < -0.3 is 0 Å². The second-order valence-corrected chi connectivity index (χ2v) is 7.73. The van der Waals surface area contributed by atoms with Crippen LogP contribution in [0.4, 0.5) is 4.39 Å². The summed E-state index contributed by atoms with van der Waals surface area (Å²) in [6, 6.07) is 17.1. The van der Waals surface area contributed by atoms with Crippen molar-refractivity contribution in [2.75, 3.05) is 13.1 Å². The van der Waals surface area contributed by atoms with Crippen LogP contribution in [0.15, 0.2) is 59.8 Å². The molecule has 4 nitrogen and oxygen atoms in total. The van der Waals surface area contributed by atoms with Crippen LogP contribution in [-0.2, 0) is 12.3 Å². The molecule has 2 heterocycles. The second-order valence-electron chi connectivity index (χ2n) is 6.79. The lowest BCUT2D eigenvalue weighted by atomic mass is 10.1. The van der Waals surface area contributed by atoms with Gasteiger partial charge in [0.05, 0.1) is 6.54 Å². The first kappa shape index (κ1) is 18.2. The quantitative estimate of drug-likeness (QED) is 0.580. The highest BCUT2D eigenvalue weighted by Crippen LogP contribution is 2.27. The summed E-state index contributed by atoms with van der Waals surface area (Å²) >= 11 is 1.52. The Bertz CT molecular complexity index is 875. The van der Waals surface area contributed by atoms with Gasteiger partial charge in [-0.25, -0.2) is 4.39 Å². The zero-order chi connectivity index (χ0) is 18.5. The van der Waals surface area contributed by atoms with E-state index in [9.17, 15) is 4.39 Å². The van der Waals surface area contributed by atoms with E-state index in [-0.39, 0.29) is 5.82 Å². The number of halogens is 1. The van der Waals surface area contributed by atoms with Crippen molar-refractivity contribution in [3.63, 3.8) is 0 Å². The predicted molar refractivity (Wildman–Crippen MR) is 106 cm³/mol. The minimum Gasteiger partial charge on any atom is -0.296 e. The molecule has 1 saturated heterocycles. The van der Waals surface area contributed by atoms with Crippen molar-refractivity contribution < 1.29 is 4.39 Å². The molecular formula is C21H23FN4S. The van der Waals surface area contributed by atoms with Gasteiger partial charge in [0, 0.05) is 11.4 Å². The van der Waals surface area contributed by atoms with E-state index in [0.29, 0.717) is 11.3 Å². The number of para-hydroxylation sites is 1. The first-order valence-corrected chi connectivity index (χ1v) is 10.4. The third kappa shape index (κ3) is 4.39. The van der Waals surface area contributed by atoms with Gasteiger partial charge in [-0.3, -0.25) is 9.47 Å². The van der Waals surface area contributed by atoms with Crippen LogP contribution in [0.3, 0.4) is 0 Å². The number of hydrogen-bond donors (Lipinski definition) is 0. The highest BCUT2D eigenvalue weighted by molar-refractivity contribution is 7.98. The summed E-state index contributed by atoms with van der Waals surface area (Å²) in [6.07, 6.45) is 3.80. The van der Waals surface area contributed by atoms with E-state index < -0.39 is 0 Å². The van der Waals surface area contributed by atoms with E-state index in [4.69, 9.17) is 0 Å². The van der Waals surface area contributed by atoms with Gasteiger partial charge in [-0.2, -0.15) is 0 Å². The molecule has 0 N–H and O–H groups in total. The van der Waals surface area contributed by atoms with Crippen LogP contribution in [-0.4, -0.2) is 32.8 Å². The highest BCUT2D eigenvalue weighted by atomic mass is 32.2. The van der Waals surface area contributed by atoms with Gasteiger partial charge in [0.15, 0.2) is 11.0 Å². The Morgan fingerprint density at radius 1 is 0.889 bits per heavy atom. The number of rotatable bonds is 6. The number of hydrogen-bond acceptors (Lipinski definition) is 4. The summed E-state index contributed by atoms with van der Waals surface area (Å²) in [5.74, 6) is 1.30. The topological polar surface area (TPSA) is 34.0 Å². The summed E-state index contributed by atoms with van der Waals surface area (Å²) in [5, 5.41) is 9.71. The Kier molecular flexibility index (Phi) is 5.84. The third-order valence-corrected chi connectivity index (χ3v) is 5.82. The van der Waals surface area contributed by atoms with Gasteiger partial charge in [-0.05, 0) is 49.7 Å². The van der Waals surface area contributed by atoms with Crippen molar-refractivity contribution in [1.82, 2.24) is 19.7 Å². The third-order valence-electron chi connectivity index (χ3n) is 4.84. The molecule has 0 atom stereocenters. The van der Waals surface area contributed by atoms with Crippen LogP contribution in [0.5, 0.6) is 0 Å². The minimum atomic E-state index is -0.177. The van der Waals surface area contributed by atoms with E-state index >= 15 is 0 Å². The van der Waals surface area contributed by atoms with E-state index in [1.165, 1.54) is 37.1 Å². The van der Waals surface area contributed by atoms with Gasteiger partial charge in [-0.1, -0.05) is 54.6 Å². The lowest BCUT2D eigenvalue weighted by molar-refractivity contribution is 0.214. The molecule has 1 aliphatic rings. The first-order valence-electron chi connectivity index (χ1n) is 9.39. The standard InChI is InChI=1S/C21H23FN4S/c22-19-12-6-5-9-17(19)16-27-21-24-23-20(15-25-13-7-2-8-14-25)26(21)18-10-3-1-4-11-18/h1,3-6,9-12H,2,7-8,13-16H2. The minimum absolute atomic E-state index is 0.177. The highest BCUT2D eigenvalue weighted by Gasteiger charge is 2.19. The second kappa shape index (κ2) is 8.67. The van der Waals surface area contributed by atoms with Crippen molar-refractivity contribution in [1.29, 1.82) is 0 Å². The van der Waals surface area contributed by atoms with Crippen LogP contribution in [0.25, 0.3) is 5.69 Å². The molecule has 0 radical (unpaired) electrons. The average Bonchev–Trinajstić information content (AvgIpc) is 3.11. The maximum Gasteiger partial charge on any atom is 0.196 e. The lowest BCUT2D eigenvalue weighted by Crippen LogP contribution is -2.30. The number of piperidine rings is 1. The predicted octanol–water partition coefficient (Wildman–Crippen LogP) is 4.68. The summed E-state index contributed by atoms with van der Waals surface area (Å²) < 4.78 is 16.1. The molecule has 140 valence electrons. The average molecular weight is 383 g/mol. The molecule has 1 aliphatic heterocycles. The van der Waals surface area contributed by atoms with Crippen LogP contribution < -0.4 is 0 Å². The smallest absolute Gasteiger partial charge is 0.196 e. The van der Waals surface area contributed by atoms with Crippen molar-refractivity contribution in [2.45, 2.75) is 36.7 Å². The van der Waals surface area contributed by atoms with E-state index in [0.717, 1.165) is 36.3 Å². The summed E-state index contributed by atoms with van der Waals surface area (Å²) in [4.78, 5) is 2.44. The van der Waals surface area contributed by atoms with Crippen molar-refractivity contribution in [2.24, 2.45) is 0 Å². The van der Waals surface area contributed by atoms with Gasteiger partial charge in [0.25, 0.3) is 0 Å². The number of benzene rings is 2. The maximum absolute atomic E-state index is 14.0. The van der Waals surface area contributed by atoms with Crippen LogP contribution >= 0.6 is 11.8 Å². The molecule has 0 saturated carbocycles. The van der Waals surface area contributed by atoms with Crippen molar-refractivity contribution in [3.05, 3.63) is 71.8 Å². The zero-order valence-electron chi connectivity index (χ0n) is 15.2. The van der Waals surface area contributed by atoms with Gasteiger partial charge in [0.1, 0.15) is 5.82 Å². The molecular weight excluding hydrogens is 359 g/mol. The largest absolute Gasteiger partial charge is 0.296 e. The fraction of sp³-hybridized carbons (Fsp3) is 0.333. The molecule has 27 heavy (non-hydrogen) atoms.